The first-order valence-corrected chi connectivity index (χ1v) is 14.2. The predicted molar refractivity (Wildman–Crippen MR) is 161 cm³/mol. The molecule has 5 N–H and O–H groups in total. The lowest BCUT2D eigenvalue weighted by Crippen LogP contribution is -2.56. The summed E-state index contributed by atoms with van der Waals surface area (Å²) in [4.78, 5) is 43.0. The molecule has 4 atom stereocenters. The summed E-state index contributed by atoms with van der Waals surface area (Å²) >= 11 is 0. The van der Waals surface area contributed by atoms with Gasteiger partial charge in [0, 0.05) is 12.4 Å². The molecule has 0 radical (unpaired) electrons. The molecule has 1 heterocycles. The summed E-state index contributed by atoms with van der Waals surface area (Å²) in [7, 11) is 0. The Morgan fingerprint density at radius 1 is 0.905 bits per heavy atom. The van der Waals surface area contributed by atoms with Crippen LogP contribution < -0.4 is 16.1 Å². The largest absolute Gasteiger partial charge is 0.382 e. The van der Waals surface area contributed by atoms with E-state index in [2.05, 4.69) is 39.9 Å². The molecule has 0 aliphatic heterocycles. The van der Waals surface area contributed by atoms with E-state index in [0.717, 1.165) is 27.8 Å². The number of aliphatic hydroxyl groups is 1. The first-order valence-electron chi connectivity index (χ1n) is 14.2. The Bertz CT molecular complexity index is 1340. The first-order chi connectivity index (χ1) is 19.9. The zero-order chi connectivity index (χ0) is 30.9. The molecule has 0 bridgehead atoms. The minimum Gasteiger partial charge on any atom is -0.382 e. The number of hydroxylamine groups is 1. The average Bonchev–Trinajstić information content (AvgIpc) is 2.97. The van der Waals surface area contributed by atoms with Crippen LogP contribution in [-0.2, 0) is 20.8 Å². The lowest BCUT2D eigenvalue weighted by atomic mass is 9.84. The Labute approximate surface area is 247 Å². The summed E-state index contributed by atoms with van der Waals surface area (Å²) in [6, 6.07) is 18.6. The lowest BCUT2D eigenvalue weighted by Gasteiger charge is -2.33. The number of nitrogens with one attached hydrogen (secondary N) is 3. The van der Waals surface area contributed by atoms with Gasteiger partial charge in [0.15, 0.2) is 0 Å². The number of nitrogens with zero attached hydrogens (tertiary/aromatic N) is 1. The predicted octanol–water partition coefficient (Wildman–Crippen LogP) is 4.27. The van der Waals surface area contributed by atoms with Crippen LogP contribution in [0.2, 0.25) is 0 Å². The minimum absolute atomic E-state index is 0.159. The molecule has 9 nitrogen and oxygen atoms in total. The third-order valence-electron chi connectivity index (χ3n) is 7.43. The highest BCUT2D eigenvalue weighted by Gasteiger charge is 2.38. The topological polar surface area (TPSA) is 141 Å². The maximum Gasteiger partial charge on any atom is 0.272 e. The van der Waals surface area contributed by atoms with Gasteiger partial charge < -0.3 is 15.7 Å². The van der Waals surface area contributed by atoms with Crippen molar-refractivity contribution in [3.8, 4) is 11.1 Å². The van der Waals surface area contributed by atoms with Gasteiger partial charge in [-0.3, -0.25) is 24.6 Å². The molecule has 0 saturated carbocycles. The van der Waals surface area contributed by atoms with E-state index < -0.39 is 41.2 Å². The number of carbonyl (C=O) groups is 3. The highest BCUT2D eigenvalue weighted by molar-refractivity contribution is 5.92. The minimum atomic E-state index is -1.79. The number of benzene rings is 2. The van der Waals surface area contributed by atoms with Crippen molar-refractivity contribution < 1.29 is 24.7 Å². The van der Waals surface area contributed by atoms with Crippen molar-refractivity contribution in [3.63, 3.8) is 0 Å². The van der Waals surface area contributed by atoms with Crippen LogP contribution in [0.1, 0.15) is 63.3 Å². The van der Waals surface area contributed by atoms with Crippen LogP contribution in [0.4, 0.5) is 0 Å². The van der Waals surface area contributed by atoms with Crippen LogP contribution in [0.5, 0.6) is 0 Å². The van der Waals surface area contributed by atoms with Crippen LogP contribution >= 0.6 is 0 Å². The van der Waals surface area contributed by atoms with Gasteiger partial charge in [0.1, 0.15) is 12.1 Å². The van der Waals surface area contributed by atoms with E-state index in [9.17, 15) is 19.5 Å². The number of aliphatic hydroxyl groups excluding tert-OH is 1. The monoisotopic (exact) mass is 574 g/mol. The molecule has 0 aliphatic rings. The average molecular weight is 575 g/mol. The maximum absolute atomic E-state index is 13.5. The van der Waals surface area contributed by atoms with Gasteiger partial charge in [-0.05, 0) is 78.5 Å². The molecule has 9 heteroatoms. The van der Waals surface area contributed by atoms with Gasteiger partial charge in [0.25, 0.3) is 5.91 Å². The highest BCUT2D eigenvalue weighted by atomic mass is 16.5. The fourth-order valence-electron chi connectivity index (χ4n) is 4.99. The van der Waals surface area contributed by atoms with Crippen LogP contribution in [0.15, 0.2) is 73.1 Å². The van der Waals surface area contributed by atoms with E-state index in [1.54, 1.807) is 24.5 Å². The fraction of sp³-hybridized carbons (Fsp3) is 0.394. The molecule has 3 rings (SSSR count). The van der Waals surface area contributed by atoms with Gasteiger partial charge in [-0.2, -0.15) is 0 Å². The zero-order valence-electron chi connectivity index (χ0n) is 24.9. The number of aromatic nitrogens is 1. The van der Waals surface area contributed by atoms with E-state index in [4.69, 9.17) is 5.21 Å². The van der Waals surface area contributed by atoms with Crippen LogP contribution in [-0.4, -0.2) is 45.2 Å². The van der Waals surface area contributed by atoms with E-state index in [-0.39, 0.29) is 12.5 Å². The van der Waals surface area contributed by atoms with Crippen LogP contribution in [0.3, 0.4) is 0 Å². The summed E-state index contributed by atoms with van der Waals surface area (Å²) in [6.45, 7) is 9.34. The molecular formula is C33H42N4O5. The first kappa shape index (κ1) is 32.4. The van der Waals surface area contributed by atoms with Gasteiger partial charge in [0.05, 0.1) is 12.0 Å². The molecule has 0 saturated heterocycles. The third kappa shape index (κ3) is 8.71. The quantitative estimate of drug-likeness (QED) is 0.162. The molecule has 42 heavy (non-hydrogen) atoms. The summed E-state index contributed by atoms with van der Waals surface area (Å²) < 4.78 is 0. The van der Waals surface area contributed by atoms with Crippen molar-refractivity contribution in [2.45, 2.75) is 72.1 Å². The number of aryl methyl sites for hydroxylation is 2. The highest BCUT2D eigenvalue weighted by Crippen LogP contribution is 2.26. The Kier molecular flexibility index (Phi) is 11.4. The Morgan fingerprint density at radius 2 is 1.57 bits per heavy atom. The van der Waals surface area contributed by atoms with E-state index >= 15 is 0 Å². The van der Waals surface area contributed by atoms with Crippen LogP contribution in [0, 0.1) is 18.3 Å². The van der Waals surface area contributed by atoms with Crippen molar-refractivity contribution in [2.75, 3.05) is 0 Å². The van der Waals surface area contributed by atoms with E-state index in [1.165, 1.54) is 5.48 Å². The second kappa shape index (κ2) is 14.7. The van der Waals surface area contributed by atoms with Crippen molar-refractivity contribution in [3.05, 3.63) is 89.7 Å². The molecule has 3 aromatic rings. The van der Waals surface area contributed by atoms with Crippen LogP contribution in [0.25, 0.3) is 11.1 Å². The Hall–Kier alpha value is -4.08. The Morgan fingerprint density at radius 3 is 2.17 bits per heavy atom. The molecule has 4 unspecified atom stereocenters. The number of hydrogen-bond acceptors (Lipinski definition) is 6. The van der Waals surface area contributed by atoms with Crippen molar-refractivity contribution in [1.82, 2.24) is 21.1 Å². The van der Waals surface area contributed by atoms with E-state index in [0.29, 0.717) is 12.8 Å². The molecule has 0 aliphatic carbocycles. The summed E-state index contributed by atoms with van der Waals surface area (Å²) in [6.07, 6.45) is 2.74. The molecule has 3 amide bonds. The second-order valence-corrected chi connectivity index (χ2v) is 11.8. The molecule has 0 fully saturated rings. The lowest BCUT2D eigenvalue weighted by molar-refractivity contribution is -0.147. The van der Waals surface area contributed by atoms with Crippen molar-refractivity contribution in [2.24, 2.45) is 11.3 Å². The van der Waals surface area contributed by atoms with E-state index in [1.807, 2.05) is 58.9 Å². The molecule has 224 valence electrons. The van der Waals surface area contributed by atoms with Gasteiger partial charge in [-0.25, -0.2) is 5.48 Å². The molecule has 0 spiro atoms. The van der Waals surface area contributed by atoms with Gasteiger partial charge in [0.2, 0.25) is 11.8 Å². The number of hydrogen-bond donors (Lipinski definition) is 5. The third-order valence-corrected chi connectivity index (χ3v) is 7.43. The van der Waals surface area contributed by atoms with Gasteiger partial charge >= 0.3 is 0 Å². The fourth-order valence-corrected chi connectivity index (χ4v) is 4.99. The zero-order valence-corrected chi connectivity index (χ0v) is 24.9. The molecular weight excluding hydrogens is 532 g/mol. The number of pyridine rings is 1. The number of amides is 3. The molecule has 1 aromatic heterocycles. The Balaban J connectivity index is 1.71. The summed E-state index contributed by atoms with van der Waals surface area (Å²) in [5.74, 6) is -3.30. The summed E-state index contributed by atoms with van der Waals surface area (Å²) in [5, 5.41) is 25.5. The van der Waals surface area contributed by atoms with Crippen molar-refractivity contribution >= 4 is 17.7 Å². The SMILES string of the molecule is Cc1cc(CCCC(C(=O)NC(C(=O)NC(C)c2ccncc2)C(C)(C)C)C(O)C(=O)NO)ccc1-c1ccccc1. The maximum atomic E-state index is 13.5. The standard InChI is InChI=1S/C33H42N4O5/c1-21-20-23(14-15-26(21)25-11-7-6-8-12-25)10-9-13-27(28(38)31(40)37-42)30(39)36-29(33(3,4)5)32(41)35-22(2)24-16-18-34-19-17-24/h6-8,11-12,14-20,22,27-29,38,42H,9-10,13H2,1-5H3,(H,35,41)(H,36,39)(H,37,40). The van der Waals surface area contributed by atoms with Gasteiger partial charge in [-0.15, -0.1) is 0 Å². The second-order valence-electron chi connectivity index (χ2n) is 11.8. The molecule has 2 aromatic carbocycles. The number of carbonyl (C=O) groups excluding carboxylic acids is 3. The smallest absolute Gasteiger partial charge is 0.272 e. The summed E-state index contributed by atoms with van der Waals surface area (Å²) in [5.41, 5.74) is 6.06. The number of rotatable bonds is 12. The normalized spacial score (nSPS) is 14.3. The van der Waals surface area contributed by atoms with Gasteiger partial charge in [-0.1, -0.05) is 69.3 Å². The van der Waals surface area contributed by atoms with Crippen molar-refractivity contribution in [1.29, 1.82) is 0 Å².